The summed E-state index contributed by atoms with van der Waals surface area (Å²) in [5, 5.41) is 16.7. The predicted molar refractivity (Wildman–Crippen MR) is 155 cm³/mol. The third kappa shape index (κ3) is 7.05. The van der Waals surface area contributed by atoms with Gasteiger partial charge in [0.05, 0.1) is 18.4 Å². The number of methoxy groups -OCH3 is 1. The molecule has 0 saturated carbocycles. The molecule has 0 spiro atoms. The zero-order valence-corrected chi connectivity index (χ0v) is 23.2. The van der Waals surface area contributed by atoms with E-state index in [4.69, 9.17) is 14.6 Å². The number of carbonyl (C=O) groups is 4. The first kappa shape index (κ1) is 29.7. The lowest BCUT2D eigenvalue weighted by Crippen LogP contribution is -2.38. The number of carboxylic acid groups (broad SMARTS) is 1. The maximum absolute atomic E-state index is 13.1. The summed E-state index contributed by atoms with van der Waals surface area (Å²) in [5.41, 5.74) is 5.31. The number of esters is 1. The van der Waals surface area contributed by atoms with E-state index < -0.39 is 5.97 Å². The molecule has 42 heavy (non-hydrogen) atoms. The van der Waals surface area contributed by atoms with Gasteiger partial charge in [-0.15, -0.1) is 0 Å². The Labute approximate surface area is 242 Å². The van der Waals surface area contributed by atoms with Crippen molar-refractivity contribution < 1.29 is 29.0 Å². The molecule has 216 valence electrons. The van der Waals surface area contributed by atoms with Crippen LogP contribution in [0.3, 0.4) is 0 Å². The number of aromatic nitrogens is 3. The number of rotatable bonds is 6. The van der Waals surface area contributed by atoms with Crippen molar-refractivity contribution in [2.45, 2.75) is 25.7 Å². The zero-order valence-electron chi connectivity index (χ0n) is 23.2. The molecule has 11 nitrogen and oxygen atoms in total. The van der Waals surface area contributed by atoms with Crippen LogP contribution in [0.4, 0.5) is 5.69 Å². The van der Waals surface area contributed by atoms with Crippen molar-refractivity contribution >= 4 is 29.9 Å². The molecule has 3 heterocycles. The smallest absolute Gasteiger partial charge is 0.337 e. The number of aryl methyl sites for hydroxylation is 1. The van der Waals surface area contributed by atoms with Gasteiger partial charge in [-0.3, -0.25) is 24.5 Å². The zero-order chi connectivity index (χ0) is 30.1. The summed E-state index contributed by atoms with van der Waals surface area (Å²) in [5.74, 6) is -0.390. The summed E-state index contributed by atoms with van der Waals surface area (Å²) in [6.45, 7) is 2.88. The Morgan fingerprint density at radius 2 is 1.74 bits per heavy atom. The normalized spacial score (nSPS) is 13.0. The van der Waals surface area contributed by atoms with Crippen molar-refractivity contribution in [3.8, 4) is 11.4 Å². The third-order valence-electron chi connectivity index (χ3n) is 7.05. The number of nitrogens with one attached hydrogen (secondary N) is 2. The quantitative estimate of drug-likeness (QED) is 0.226. The maximum atomic E-state index is 13.1. The number of carbonyl (C=O) groups excluding carboxylic acids is 3. The van der Waals surface area contributed by atoms with E-state index in [1.54, 1.807) is 30.5 Å². The molecular weight excluding hydrogens is 538 g/mol. The summed E-state index contributed by atoms with van der Waals surface area (Å²) < 4.78 is 4.76. The number of ether oxygens (including phenoxy) is 1. The lowest BCUT2D eigenvalue weighted by Gasteiger charge is -2.32. The van der Waals surface area contributed by atoms with Crippen LogP contribution in [0.1, 0.15) is 61.1 Å². The summed E-state index contributed by atoms with van der Waals surface area (Å²) >= 11 is 0. The van der Waals surface area contributed by atoms with Gasteiger partial charge in [-0.2, -0.15) is 5.10 Å². The van der Waals surface area contributed by atoms with Crippen molar-refractivity contribution in [3.05, 3.63) is 101 Å². The van der Waals surface area contributed by atoms with Gasteiger partial charge in [-0.05, 0) is 85.3 Å². The second-order valence-corrected chi connectivity index (χ2v) is 9.65. The monoisotopic (exact) mass is 569 g/mol. The van der Waals surface area contributed by atoms with E-state index in [0.29, 0.717) is 52.9 Å². The molecule has 0 unspecified atom stereocenters. The molecule has 0 bridgehead atoms. The average molecular weight is 570 g/mol. The number of piperidine rings is 1. The maximum Gasteiger partial charge on any atom is 0.337 e. The lowest BCUT2D eigenvalue weighted by atomic mass is 9.89. The van der Waals surface area contributed by atoms with E-state index in [9.17, 15) is 14.4 Å². The Morgan fingerprint density at radius 3 is 2.36 bits per heavy atom. The van der Waals surface area contributed by atoms with Crippen LogP contribution >= 0.6 is 0 Å². The largest absolute Gasteiger partial charge is 0.483 e. The van der Waals surface area contributed by atoms with Crippen molar-refractivity contribution in [2.75, 3.05) is 25.5 Å². The first-order valence-electron chi connectivity index (χ1n) is 13.3. The van der Waals surface area contributed by atoms with Gasteiger partial charge in [0, 0.05) is 30.5 Å². The van der Waals surface area contributed by atoms with Crippen LogP contribution in [0.15, 0.2) is 72.9 Å². The molecule has 1 fully saturated rings. The fourth-order valence-corrected chi connectivity index (χ4v) is 4.86. The van der Waals surface area contributed by atoms with E-state index in [2.05, 4.69) is 20.5 Å². The molecule has 0 radical (unpaired) electrons. The number of hydrogen-bond acceptors (Lipinski definition) is 7. The Bertz CT molecular complexity index is 1540. The van der Waals surface area contributed by atoms with Crippen LogP contribution in [0.25, 0.3) is 11.4 Å². The van der Waals surface area contributed by atoms with Crippen LogP contribution < -0.4 is 5.32 Å². The van der Waals surface area contributed by atoms with Gasteiger partial charge in [-0.1, -0.05) is 18.2 Å². The van der Waals surface area contributed by atoms with Gasteiger partial charge in [0.25, 0.3) is 18.3 Å². The Hall–Kier alpha value is -5.32. The minimum absolute atomic E-state index is 0.0227. The third-order valence-corrected chi connectivity index (χ3v) is 7.05. The van der Waals surface area contributed by atoms with Gasteiger partial charge in [-0.25, -0.2) is 4.79 Å². The fourth-order valence-electron chi connectivity index (χ4n) is 4.86. The number of anilines is 1. The molecule has 1 aliphatic rings. The average Bonchev–Trinajstić information content (AvgIpc) is 3.52. The number of likely N-dealkylation sites (tertiary alicyclic amines) is 1. The van der Waals surface area contributed by atoms with Gasteiger partial charge in [0.15, 0.2) is 0 Å². The molecule has 5 rings (SSSR count). The van der Waals surface area contributed by atoms with Crippen molar-refractivity contribution in [1.29, 1.82) is 0 Å². The van der Waals surface area contributed by atoms with Crippen LogP contribution in [0, 0.1) is 6.92 Å². The molecular formula is C31H31N5O6. The van der Waals surface area contributed by atoms with E-state index in [1.165, 1.54) is 12.7 Å². The molecule has 1 aliphatic heterocycles. The number of H-pyrrole nitrogens is 1. The standard InChI is InChI=1S/C30H29N5O4.CH2O2/c1-19-17-22(30(38)39-2)8-11-24(19)29(37)35-15-12-21(13-16-35)20-6-9-23(10-7-20)32-28(36)27-18-26(33-34-27)25-5-3-4-14-31-25;2-1-3/h3-11,14,17-18,21H,12-13,15-16H2,1-2H3,(H,32,36)(H,33,34);1H,(H,2,3). The molecule has 4 aromatic rings. The summed E-state index contributed by atoms with van der Waals surface area (Å²) in [6.07, 6.45) is 3.38. The number of benzene rings is 2. The van der Waals surface area contributed by atoms with Crippen molar-refractivity contribution in [1.82, 2.24) is 20.1 Å². The highest BCUT2D eigenvalue weighted by molar-refractivity contribution is 6.03. The lowest BCUT2D eigenvalue weighted by molar-refractivity contribution is -0.122. The SMILES string of the molecule is COC(=O)c1ccc(C(=O)N2CCC(c3ccc(NC(=O)c4cc(-c5ccccn5)n[nH]4)cc3)CC2)c(C)c1.O=CO. The fraction of sp³-hybridized carbons (Fsp3) is 0.226. The van der Waals surface area contributed by atoms with Gasteiger partial charge >= 0.3 is 5.97 Å². The molecule has 2 aromatic carbocycles. The second kappa shape index (κ2) is 13.8. The second-order valence-electron chi connectivity index (χ2n) is 9.65. The minimum Gasteiger partial charge on any atom is -0.483 e. The number of amides is 2. The number of aromatic amines is 1. The molecule has 11 heteroatoms. The summed E-state index contributed by atoms with van der Waals surface area (Å²) in [7, 11) is 1.34. The molecule has 2 amide bonds. The molecule has 0 aliphatic carbocycles. The van der Waals surface area contributed by atoms with Crippen molar-refractivity contribution in [3.63, 3.8) is 0 Å². The Morgan fingerprint density at radius 1 is 1.02 bits per heavy atom. The molecule has 3 N–H and O–H groups in total. The highest BCUT2D eigenvalue weighted by atomic mass is 16.5. The first-order valence-corrected chi connectivity index (χ1v) is 13.3. The highest BCUT2D eigenvalue weighted by Gasteiger charge is 2.26. The van der Waals surface area contributed by atoms with Gasteiger partial charge < -0.3 is 20.1 Å². The minimum atomic E-state index is -0.417. The molecule has 1 saturated heterocycles. The highest BCUT2D eigenvalue weighted by Crippen LogP contribution is 2.30. The van der Waals surface area contributed by atoms with Crippen LogP contribution in [0.2, 0.25) is 0 Å². The van der Waals surface area contributed by atoms with Crippen LogP contribution in [-0.4, -0.2) is 69.6 Å². The van der Waals surface area contributed by atoms with E-state index >= 15 is 0 Å². The van der Waals surface area contributed by atoms with Gasteiger partial charge in [0.1, 0.15) is 11.4 Å². The van der Waals surface area contributed by atoms with E-state index in [0.717, 1.165) is 18.4 Å². The van der Waals surface area contributed by atoms with Crippen LogP contribution in [0.5, 0.6) is 0 Å². The van der Waals surface area contributed by atoms with Crippen molar-refractivity contribution in [2.24, 2.45) is 0 Å². The Kier molecular flexibility index (Phi) is 9.77. The van der Waals surface area contributed by atoms with Gasteiger partial charge in [0.2, 0.25) is 0 Å². The predicted octanol–water partition coefficient (Wildman–Crippen LogP) is 4.54. The number of nitrogens with zero attached hydrogens (tertiary/aromatic N) is 3. The summed E-state index contributed by atoms with van der Waals surface area (Å²) in [4.78, 5) is 52.1. The van der Waals surface area contributed by atoms with Crippen LogP contribution in [-0.2, 0) is 9.53 Å². The topological polar surface area (TPSA) is 155 Å². The van der Waals surface area contributed by atoms with E-state index in [-0.39, 0.29) is 18.3 Å². The molecule has 0 atom stereocenters. The van der Waals surface area contributed by atoms with E-state index in [1.807, 2.05) is 54.3 Å². The first-order chi connectivity index (χ1) is 20.3. The molecule has 2 aromatic heterocycles. The number of pyridine rings is 1. The Balaban J connectivity index is 0.00000129. The summed E-state index contributed by atoms with van der Waals surface area (Å²) in [6, 6.07) is 20.1. The number of hydrogen-bond donors (Lipinski definition) is 3.